The summed E-state index contributed by atoms with van der Waals surface area (Å²) in [4.78, 5) is 26.7. The fourth-order valence-corrected chi connectivity index (χ4v) is 2.79. The number of carbonyl (C=O) groups excluding carboxylic acids is 2. The number of carbonyl (C=O) groups is 2. The van der Waals surface area contributed by atoms with Crippen LogP contribution in [0, 0.1) is 5.92 Å². The summed E-state index contributed by atoms with van der Waals surface area (Å²) in [5.74, 6) is 1.31. The molecule has 17 heavy (non-hydrogen) atoms. The predicted molar refractivity (Wildman–Crippen MR) is 65.7 cm³/mol. The Morgan fingerprint density at radius 2 is 1.76 bits per heavy atom. The second-order valence-electron chi connectivity index (χ2n) is 5.29. The molecule has 0 unspecified atom stereocenters. The largest absolute Gasteiger partial charge is 0.340 e. The Kier molecular flexibility index (Phi) is 4.15. The van der Waals surface area contributed by atoms with Gasteiger partial charge in [0.1, 0.15) is 5.78 Å². The zero-order chi connectivity index (χ0) is 12.3. The number of hydrogen-bond donors (Lipinski definition) is 0. The summed E-state index contributed by atoms with van der Waals surface area (Å²) in [6.07, 6.45) is 3.67. The topological polar surface area (TPSA) is 40.6 Å². The quantitative estimate of drug-likeness (QED) is 0.718. The average Bonchev–Trinajstić information content (AvgIpc) is 2.33. The summed E-state index contributed by atoms with van der Waals surface area (Å²) in [6.45, 7) is 6.46. The van der Waals surface area contributed by atoms with Gasteiger partial charge < -0.3 is 4.90 Å². The van der Waals surface area contributed by atoms with E-state index < -0.39 is 0 Å². The summed E-state index contributed by atoms with van der Waals surface area (Å²) in [5, 5.41) is 0. The van der Waals surface area contributed by atoms with Crippen molar-refractivity contribution in [3.8, 4) is 0 Å². The SMILES string of the molecule is CC(=O)N1CCN(CC2CCC(=O)CC2)CC1. The smallest absolute Gasteiger partial charge is 0.219 e. The molecule has 0 N–H and O–H groups in total. The van der Waals surface area contributed by atoms with Crippen molar-refractivity contribution >= 4 is 11.7 Å². The van der Waals surface area contributed by atoms with E-state index in [4.69, 9.17) is 0 Å². The molecule has 1 aliphatic carbocycles. The number of ketones is 1. The van der Waals surface area contributed by atoms with Crippen LogP contribution in [-0.2, 0) is 9.59 Å². The second-order valence-corrected chi connectivity index (χ2v) is 5.29. The fraction of sp³-hybridized carbons (Fsp3) is 0.846. The van der Waals surface area contributed by atoms with Gasteiger partial charge in [0, 0.05) is 52.5 Å². The molecule has 0 atom stereocenters. The molecule has 2 rings (SSSR count). The van der Waals surface area contributed by atoms with Gasteiger partial charge in [0.05, 0.1) is 0 Å². The van der Waals surface area contributed by atoms with Crippen LogP contribution in [-0.4, -0.2) is 54.2 Å². The van der Waals surface area contributed by atoms with Crippen LogP contribution in [0.1, 0.15) is 32.6 Å². The fourth-order valence-electron chi connectivity index (χ4n) is 2.79. The van der Waals surface area contributed by atoms with E-state index in [0.29, 0.717) is 11.7 Å². The summed E-state index contributed by atoms with van der Waals surface area (Å²) in [7, 11) is 0. The Balaban J connectivity index is 1.71. The Labute approximate surface area is 103 Å². The van der Waals surface area contributed by atoms with Crippen LogP contribution in [0.25, 0.3) is 0 Å². The molecule has 1 aliphatic heterocycles. The van der Waals surface area contributed by atoms with Gasteiger partial charge in [-0.15, -0.1) is 0 Å². The van der Waals surface area contributed by atoms with E-state index >= 15 is 0 Å². The minimum atomic E-state index is 0.188. The highest BCUT2D eigenvalue weighted by Gasteiger charge is 2.24. The third-order valence-corrected chi connectivity index (χ3v) is 4.00. The van der Waals surface area contributed by atoms with E-state index in [-0.39, 0.29) is 5.91 Å². The lowest BCUT2D eigenvalue weighted by molar-refractivity contribution is -0.130. The first-order valence-electron chi connectivity index (χ1n) is 6.64. The van der Waals surface area contributed by atoms with Crippen LogP contribution in [0.5, 0.6) is 0 Å². The Morgan fingerprint density at radius 3 is 2.29 bits per heavy atom. The highest BCUT2D eigenvalue weighted by molar-refractivity contribution is 5.79. The highest BCUT2D eigenvalue weighted by atomic mass is 16.2. The number of rotatable bonds is 2. The van der Waals surface area contributed by atoms with Gasteiger partial charge in [-0.2, -0.15) is 0 Å². The molecule has 4 nitrogen and oxygen atoms in total. The average molecular weight is 238 g/mol. The normalized spacial score (nSPS) is 24.1. The van der Waals surface area contributed by atoms with Crippen LogP contribution >= 0.6 is 0 Å². The molecule has 96 valence electrons. The molecule has 1 heterocycles. The Bertz CT molecular complexity index is 286. The van der Waals surface area contributed by atoms with Gasteiger partial charge in [-0.3, -0.25) is 14.5 Å². The molecule has 0 radical (unpaired) electrons. The molecule has 1 saturated carbocycles. The molecule has 0 aromatic rings. The lowest BCUT2D eigenvalue weighted by Gasteiger charge is -2.36. The number of Topliss-reactive ketones (excluding diaryl/α,β-unsaturated/α-hetero) is 1. The first-order valence-corrected chi connectivity index (χ1v) is 6.64. The zero-order valence-corrected chi connectivity index (χ0v) is 10.7. The first-order chi connectivity index (χ1) is 8.15. The lowest BCUT2D eigenvalue weighted by Crippen LogP contribution is -2.49. The van der Waals surface area contributed by atoms with Gasteiger partial charge in [0.2, 0.25) is 5.91 Å². The van der Waals surface area contributed by atoms with Crippen LogP contribution < -0.4 is 0 Å². The van der Waals surface area contributed by atoms with E-state index in [1.165, 1.54) is 0 Å². The molecule has 1 saturated heterocycles. The highest BCUT2D eigenvalue weighted by Crippen LogP contribution is 2.22. The van der Waals surface area contributed by atoms with Gasteiger partial charge in [0.15, 0.2) is 0 Å². The van der Waals surface area contributed by atoms with Crippen molar-refractivity contribution in [3.05, 3.63) is 0 Å². The molecule has 0 bridgehead atoms. The van der Waals surface area contributed by atoms with E-state index in [9.17, 15) is 9.59 Å². The molecule has 0 aromatic carbocycles. The maximum atomic E-state index is 11.2. The van der Waals surface area contributed by atoms with Gasteiger partial charge in [0.25, 0.3) is 0 Å². The van der Waals surface area contributed by atoms with Crippen molar-refractivity contribution in [3.63, 3.8) is 0 Å². The summed E-state index contributed by atoms with van der Waals surface area (Å²) < 4.78 is 0. The van der Waals surface area contributed by atoms with Crippen molar-refractivity contribution in [2.45, 2.75) is 32.6 Å². The molecule has 1 amide bonds. The number of amides is 1. The van der Waals surface area contributed by atoms with Crippen LogP contribution in [0.3, 0.4) is 0 Å². The minimum absolute atomic E-state index is 0.188. The Morgan fingerprint density at radius 1 is 1.18 bits per heavy atom. The molecule has 0 spiro atoms. The van der Waals surface area contributed by atoms with Gasteiger partial charge in [-0.05, 0) is 18.8 Å². The molecule has 4 heteroatoms. The standard InChI is InChI=1S/C13H22N2O2/c1-11(16)15-8-6-14(7-9-15)10-12-2-4-13(17)5-3-12/h12H,2-10H2,1H3. The van der Waals surface area contributed by atoms with Gasteiger partial charge in [-0.25, -0.2) is 0 Å². The summed E-state index contributed by atoms with van der Waals surface area (Å²) in [5.41, 5.74) is 0. The van der Waals surface area contributed by atoms with Crippen molar-refractivity contribution in [2.24, 2.45) is 5.92 Å². The van der Waals surface area contributed by atoms with E-state index in [1.54, 1.807) is 6.92 Å². The summed E-state index contributed by atoms with van der Waals surface area (Å²) >= 11 is 0. The van der Waals surface area contributed by atoms with Gasteiger partial charge >= 0.3 is 0 Å². The molecule has 0 aromatic heterocycles. The first kappa shape index (κ1) is 12.6. The number of hydrogen-bond acceptors (Lipinski definition) is 3. The van der Waals surface area contributed by atoms with E-state index in [0.717, 1.165) is 58.4 Å². The maximum absolute atomic E-state index is 11.2. The van der Waals surface area contributed by atoms with E-state index in [1.807, 2.05) is 4.90 Å². The molecule has 2 fully saturated rings. The minimum Gasteiger partial charge on any atom is -0.340 e. The third kappa shape index (κ3) is 3.53. The van der Waals surface area contributed by atoms with Gasteiger partial charge in [-0.1, -0.05) is 0 Å². The second kappa shape index (κ2) is 5.63. The zero-order valence-electron chi connectivity index (χ0n) is 10.7. The molecule has 2 aliphatic rings. The van der Waals surface area contributed by atoms with Crippen molar-refractivity contribution in [1.82, 2.24) is 9.80 Å². The molecular weight excluding hydrogens is 216 g/mol. The van der Waals surface area contributed by atoms with Crippen molar-refractivity contribution in [1.29, 1.82) is 0 Å². The summed E-state index contributed by atoms with van der Waals surface area (Å²) in [6, 6.07) is 0. The van der Waals surface area contributed by atoms with Crippen molar-refractivity contribution < 1.29 is 9.59 Å². The third-order valence-electron chi connectivity index (χ3n) is 4.00. The van der Waals surface area contributed by atoms with Crippen LogP contribution in [0.15, 0.2) is 0 Å². The lowest BCUT2D eigenvalue weighted by atomic mass is 9.88. The van der Waals surface area contributed by atoms with E-state index in [2.05, 4.69) is 4.90 Å². The maximum Gasteiger partial charge on any atom is 0.219 e. The molecular formula is C13H22N2O2. The Hall–Kier alpha value is -0.900. The number of piperazine rings is 1. The van der Waals surface area contributed by atoms with Crippen LogP contribution in [0.4, 0.5) is 0 Å². The number of nitrogens with zero attached hydrogens (tertiary/aromatic N) is 2. The van der Waals surface area contributed by atoms with Crippen molar-refractivity contribution in [2.75, 3.05) is 32.7 Å². The monoisotopic (exact) mass is 238 g/mol. The predicted octanol–water partition coefficient (Wildman–Crippen LogP) is 0.910. The van der Waals surface area contributed by atoms with Crippen LogP contribution in [0.2, 0.25) is 0 Å².